The Balaban J connectivity index is 2.52. The molecule has 0 aliphatic carbocycles. The lowest BCUT2D eigenvalue weighted by atomic mass is 10.3. The third-order valence-corrected chi connectivity index (χ3v) is 2.02. The fraction of sp³-hybridized carbons (Fsp3) is 0.364. The summed E-state index contributed by atoms with van der Waals surface area (Å²) in [7, 11) is 0. The molecule has 0 heterocycles. The average molecular weight is 255 g/mol. The molecule has 1 atom stereocenters. The molecule has 98 valence electrons. The number of non-ortho nitro benzene ring substituents is 1. The summed E-state index contributed by atoms with van der Waals surface area (Å²) < 4.78 is 10.00. The van der Waals surface area contributed by atoms with Gasteiger partial charge >= 0.3 is 5.97 Å². The summed E-state index contributed by atoms with van der Waals surface area (Å²) in [4.78, 5) is 20.6. The first-order valence-electron chi connectivity index (χ1n) is 5.18. The number of carbonyl (C=O) groups excluding carboxylic acids is 1. The van der Waals surface area contributed by atoms with E-state index >= 15 is 0 Å². The number of esters is 1. The molecule has 1 rings (SSSR count). The Morgan fingerprint density at radius 3 is 2.50 bits per heavy atom. The van der Waals surface area contributed by atoms with Crippen molar-refractivity contribution in [1.29, 1.82) is 0 Å². The summed E-state index contributed by atoms with van der Waals surface area (Å²) in [6, 6.07) is 5.46. The van der Waals surface area contributed by atoms with Gasteiger partial charge < -0.3 is 14.6 Å². The number of rotatable bonds is 6. The van der Waals surface area contributed by atoms with Gasteiger partial charge in [0.1, 0.15) is 12.4 Å². The Bertz CT molecular complexity index is 416. The normalized spacial score (nSPS) is 11.7. The molecule has 7 nitrogen and oxygen atoms in total. The van der Waals surface area contributed by atoms with Crippen LogP contribution in [-0.4, -0.2) is 35.3 Å². The maximum absolute atomic E-state index is 10.7. The zero-order chi connectivity index (χ0) is 13.5. The number of ether oxygens (including phenoxy) is 2. The van der Waals surface area contributed by atoms with Crippen LogP contribution in [0.2, 0.25) is 0 Å². The maximum atomic E-state index is 10.7. The first kappa shape index (κ1) is 13.9. The van der Waals surface area contributed by atoms with Crippen molar-refractivity contribution in [1.82, 2.24) is 0 Å². The number of nitro benzene ring substituents is 1. The zero-order valence-electron chi connectivity index (χ0n) is 9.74. The van der Waals surface area contributed by atoms with Crippen LogP contribution in [-0.2, 0) is 9.53 Å². The minimum Gasteiger partial charge on any atom is -0.490 e. The van der Waals surface area contributed by atoms with Crippen molar-refractivity contribution >= 4 is 11.7 Å². The van der Waals surface area contributed by atoms with E-state index in [0.717, 1.165) is 0 Å². The van der Waals surface area contributed by atoms with Crippen LogP contribution in [0.1, 0.15) is 6.92 Å². The van der Waals surface area contributed by atoms with E-state index in [2.05, 4.69) is 0 Å². The van der Waals surface area contributed by atoms with Crippen LogP contribution in [0.15, 0.2) is 24.3 Å². The summed E-state index contributed by atoms with van der Waals surface area (Å²) in [6.45, 7) is 0.856. The van der Waals surface area contributed by atoms with Gasteiger partial charge in [0, 0.05) is 19.1 Å². The Labute approximate surface area is 103 Å². The monoisotopic (exact) mass is 255 g/mol. The molecule has 0 fully saturated rings. The van der Waals surface area contributed by atoms with Crippen LogP contribution in [0.5, 0.6) is 5.75 Å². The highest BCUT2D eigenvalue weighted by Crippen LogP contribution is 2.17. The molecule has 0 saturated heterocycles. The van der Waals surface area contributed by atoms with Crippen molar-refractivity contribution in [2.45, 2.75) is 13.0 Å². The molecule has 0 spiro atoms. The molecule has 7 heteroatoms. The van der Waals surface area contributed by atoms with E-state index in [1.807, 2.05) is 0 Å². The van der Waals surface area contributed by atoms with E-state index in [0.29, 0.717) is 5.75 Å². The SMILES string of the molecule is CC(=O)OC(CO)COc1ccc([N+](=O)[O-])cc1. The van der Waals surface area contributed by atoms with Crippen molar-refractivity contribution in [2.75, 3.05) is 13.2 Å². The molecule has 0 saturated carbocycles. The standard InChI is InChI=1S/C11H13NO6/c1-8(14)18-11(6-13)7-17-10-4-2-9(3-5-10)12(15)16/h2-5,11,13H,6-7H2,1H3. The van der Waals surface area contributed by atoms with Gasteiger partial charge in [-0.05, 0) is 12.1 Å². The summed E-state index contributed by atoms with van der Waals surface area (Å²) in [5, 5.41) is 19.3. The molecule has 0 aliphatic heterocycles. The number of nitrogens with zero attached hydrogens (tertiary/aromatic N) is 1. The first-order valence-corrected chi connectivity index (χ1v) is 5.18. The van der Waals surface area contributed by atoms with Gasteiger partial charge in [-0.2, -0.15) is 0 Å². The van der Waals surface area contributed by atoms with E-state index in [9.17, 15) is 14.9 Å². The molecule has 0 amide bonds. The predicted molar refractivity (Wildman–Crippen MR) is 61.2 cm³/mol. The summed E-state index contributed by atoms with van der Waals surface area (Å²) in [5.41, 5.74) is -0.0407. The molecule has 1 aromatic rings. The van der Waals surface area contributed by atoms with Crippen LogP contribution in [0, 0.1) is 10.1 Å². The van der Waals surface area contributed by atoms with Gasteiger partial charge in [-0.3, -0.25) is 14.9 Å². The topological polar surface area (TPSA) is 98.9 Å². The van der Waals surface area contributed by atoms with Gasteiger partial charge in [-0.25, -0.2) is 0 Å². The second kappa shape index (κ2) is 6.55. The number of nitro groups is 1. The highest BCUT2D eigenvalue weighted by atomic mass is 16.6. The molecular formula is C11H13NO6. The van der Waals surface area contributed by atoms with E-state index in [-0.39, 0.29) is 18.9 Å². The number of aliphatic hydroxyl groups excluding tert-OH is 1. The quantitative estimate of drug-likeness (QED) is 0.460. The third-order valence-electron chi connectivity index (χ3n) is 2.02. The average Bonchev–Trinajstić information content (AvgIpc) is 2.34. The van der Waals surface area contributed by atoms with Gasteiger partial charge in [-0.15, -0.1) is 0 Å². The number of benzene rings is 1. The van der Waals surface area contributed by atoms with E-state index in [1.165, 1.54) is 31.2 Å². The number of carbonyl (C=O) groups is 1. The Morgan fingerprint density at radius 2 is 2.06 bits per heavy atom. The zero-order valence-corrected chi connectivity index (χ0v) is 9.74. The van der Waals surface area contributed by atoms with Crippen LogP contribution in [0.4, 0.5) is 5.69 Å². The lowest BCUT2D eigenvalue weighted by Crippen LogP contribution is -2.27. The van der Waals surface area contributed by atoms with Crippen molar-refractivity contribution in [3.8, 4) is 5.75 Å². The number of hydrogen-bond donors (Lipinski definition) is 1. The molecule has 0 radical (unpaired) electrons. The van der Waals surface area contributed by atoms with Crippen LogP contribution in [0.3, 0.4) is 0 Å². The fourth-order valence-electron chi connectivity index (χ4n) is 1.21. The minimum atomic E-state index is -0.752. The van der Waals surface area contributed by atoms with Gasteiger partial charge in [0.2, 0.25) is 0 Å². The first-order chi connectivity index (χ1) is 8.52. The fourth-order valence-corrected chi connectivity index (χ4v) is 1.21. The van der Waals surface area contributed by atoms with Crippen LogP contribution < -0.4 is 4.74 Å². The summed E-state index contributed by atoms with van der Waals surface area (Å²) in [6.07, 6.45) is -0.752. The van der Waals surface area contributed by atoms with E-state index < -0.39 is 17.0 Å². The van der Waals surface area contributed by atoms with Crippen LogP contribution in [0.25, 0.3) is 0 Å². The minimum absolute atomic E-state index is 0.0199. The molecule has 0 bridgehead atoms. The molecule has 1 unspecified atom stereocenters. The Kier molecular flexibility index (Phi) is 5.06. The third kappa shape index (κ3) is 4.38. The molecular weight excluding hydrogens is 242 g/mol. The lowest BCUT2D eigenvalue weighted by Gasteiger charge is -2.15. The van der Waals surface area contributed by atoms with Gasteiger partial charge in [0.25, 0.3) is 5.69 Å². The highest BCUT2D eigenvalue weighted by molar-refractivity contribution is 5.66. The second-order valence-corrected chi connectivity index (χ2v) is 3.48. The maximum Gasteiger partial charge on any atom is 0.303 e. The van der Waals surface area contributed by atoms with E-state index in [1.54, 1.807) is 0 Å². The van der Waals surface area contributed by atoms with Crippen molar-refractivity contribution < 1.29 is 24.3 Å². The van der Waals surface area contributed by atoms with Crippen molar-refractivity contribution in [3.05, 3.63) is 34.4 Å². The van der Waals surface area contributed by atoms with Gasteiger partial charge in [0.15, 0.2) is 6.10 Å². The lowest BCUT2D eigenvalue weighted by molar-refractivity contribution is -0.384. The van der Waals surface area contributed by atoms with Crippen LogP contribution >= 0.6 is 0 Å². The molecule has 1 N–H and O–H groups in total. The smallest absolute Gasteiger partial charge is 0.303 e. The van der Waals surface area contributed by atoms with Crippen molar-refractivity contribution in [3.63, 3.8) is 0 Å². The van der Waals surface area contributed by atoms with Gasteiger partial charge in [-0.1, -0.05) is 0 Å². The molecule has 18 heavy (non-hydrogen) atoms. The molecule has 0 aliphatic rings. The summed E-state index contributed by atoms with van der Waals surface area (Å²) in [5.74, 6) is -0.118. The van der Waals surface area contributed by atoms with Crippen molar-refractivity contribution in [2.24, 2.45) is 0 Å². The molecule has 1 aromatic carbocycles. The number of hydrogen-bond acceptors (Lipinski definition) is 6. The van der Waals surface area contributed by atoms with Gasteiger partial charge in [0.05, 0.1) is 11.5 Å². The summed E-state index contributed by atoms with van der Waals surface area (Å²) >= 11 is 0. The number of aliphatic hydroxyl groups is 1. The Morgan fingerprint density at radius 1 is 1.44 bits per heavy atom. The second-order valence-electron chi connectivity index (χ2n) is 3.48. The highest BCUT2D eigenvalue weighted by Gasteiger charge is 2.12. The largest absolute Gasteiger partial charge is 0.490 e. The molecule has 0 aromatic heterocycles. The van der Waals surface area contributed by atoms with E-state index in [4.69, 9.17) is 14.6 Å². The predicted octanol–water partition coefficient (Wildman–Crippen LogP) is 0.898. The Hall–Kier alpha value is -2.15.